The quantitative estimate of drug-likeness (QED) is 0.352. The molecule has 1 nitrogen and oxygen atoms in total. The molecule has 31 heavy (non-hydrogen) atoms. The molecule has 162 valence electrons. The number of halogens is 3. The molecule has 1 heterocycles. The molecule has 1 aliphatic rings. The average Bonchev–Trinajstić information content (AvgIpc) is 2.65. The van der Waals surface area contributed by atoms with E-state index in [2.05, 4.69) is 76.6 Å². The smallest absolute Gasteiger partial charge is 0.194 e. The molecule has 0 aliphatic carbocycles. The van der Waals surface area contributed by atoms with Gasteiger partial charge in [0.05, 0.1) is 5.56 Å². The summed E-state index contributed by atoms with van der Waals surface area (Å²) < 4.78 is 41.1. The van der Waals surface area contributed by atoms with Gasteiger partial charge in [0.1, 0.15) is 0 Å². The zero-order chi connectivity index (χ0) is 22.8. The number of hydrogen-bond donors (Lipinski definition) is 0. The zero-order valence-corrected chi connectivity index (χ0v) is 19.0. The summed E-state index contributed by atoms with van der Waals surface area (Å²) in [7, 11) is 0. The molecule has 3 aromatic rings. The van der Waals surface area contributed by atoms with Crippen molar-refractivity contribution in [2.75, 3.05) is 0 Å². The lowest BCUT2D eigenvalue weighted by Crippen LogP contribution is -2.19. The molecule has 0 N–H and O–H groups in total. The summed E-state index contributed by atoms with van der Waals surface area (Å²) in [5.41, 5.74) is 4.97. The normalized spacial score (nSPS) is 14.7. The SMILES string of the molecule is CC(C)(C)c1cc2c3c(cc(C(C)(C)C)cc3c1)C[N+](c1ccc(C(F)(F)F)cc1)=C2. The number of benzene rings is 3. The maximum absolute atomic E-state index is 13.0. The summed E-state index contributed by atoms with van der Waals surface area (Å²) in [6.07, 6.45) is -2.25. The zero-order valence-electron chi connectivity index (χ0n) is 19.0. The third-order valence-corrected chi connectivity index (χ3v) is 6.06. The predicted molar refractivity (Wildman–Crippen MR) is 122 cm³/mol. The Kier molecular flexibility index (Phi) is 4.84. The Morgan fingerprint density at radius 3 is 1.77 bits per heavy atom. The molecule has 0 radical (unpaired) electrons. The van der Waals surface area contributed by atoms with E-state index in [1.54, 1.807) is 12.1 Å². The molecule has 0 saturated heterocycles. The van der Waals surface area contributed by atoms with Gasteiger partial charge in [0.25, 0.3) is 0 Å². The van der Waals surface area contributed by atoms with Crippen molar-refractivity contribution in [2.45, 2.75) is 65.1 Å². The summed E-state index contributed by atoms with van der Waals surface area (Å²) in [5.74, 6) is 0. The van der Waals surface area contributed by atoms with Crippen LogP contribution in [0.25, 0.3) is 10.8 Å². The van der Waals surface area contributed by atoms with Gasteiger partial charge in [-0.05, 0) is 51.6 Å². The van der Waals surface area contributed by atoms with Gasteiger partial charge in [0, 0.05) is 28.6 Å². The highest BCUT2D eigenvalue weighted by Crippen LogP contribution is 2.37. The Labute approximate surface area is 182 Å². The molecule has 4 heteroatoms. The fourth-order valence-corrected chi connectivity index (χ4v) is 4.14. The van der Waals surface area contributed by atoms with Crippen LogP contribution in [0.4, 0.5) is 18.9 Å². The summed E-state index contributed by atoms with van der Waals surface area (Å²) in [6.45, 7) is 13.9. The Balaban J connectivity index is 1.91. The maximum Gasteiger partial charge on any atom is 0.416 e. The molecule has 4 rings (SSSR count). The van der Waals surface area contributed by atoms with E-state index in [1.807, 2.05) is 0 Å². The molecule has 0 spiro atoms. The summed E-state index contributed by atoms with van der Waals surface area (Å²) >= 11 is 0. The van der Waals surface area contributed by atoms with Gasteiger partial charge in [-0.15, -0.1) is 0 Å². The number of alkyl halides is 3. The third-order valence-electron chi connectivity index (χ3n) is 6.06. The second-order valence-corrected chi connectivity index (χ2v) is 10.6. The van der Waals surface area contributed by atoms with Crippen LogP contribution in [0, 0.1) is 0 Å². The van der Waals surface area contributed by atoms with Gasteiger partial charge in [0.15, 0.2) is 12.8 Å². The number of nitrogens with zero attached hydrogens (tertiary/aromatic N) is 1. The monoisotopic (exact) mass is 424 g/mol. The van der Waals surface area contributed by atoms with Crippen molar-refractivity contribution in [3.05, 3.63) is 76.3 Å². The fourth-order valence-electron chi connectivity index (χ4n) is 4.14. The van der Waals surface area contributed by atoms with Crippen molar-refractivity contribution < 1.29 is 17.7 Å². The molecule has 3 aromatic carbocycles. The van der Waals surface area contributed by atoms with E-state index < -0.39 is 11.7 Å². The van der Waals surface area contributed by atoms with Gasteiger partial charge in [-0.2, -0.15) is 17.7 Å². The van der Waals surface area contributed by atoms with E-state index in [4.69, 9.17) is 0 Å². The fraction of sp³-hybridized carbons (Fsp3) is 0.370. The van der Waals surface area contributed by atoms with Crippen LogP contribution < -0.4 is 0 Å². The molecule has 0 aromatic heterocycles. The molecule has 0 amide bonds. The van der Waals surface area contributed by atoms with Crippen LogP contribution in [0.15, 0.2) is 48.5 Å². The third kappa shape index (κ3) is 4.13. The molecule has 0 saturated carbocycles. The predicted octanol–water partition coefficient (Wildman–Crippen LogP) is 7.73. The summed E-state index contributed by atoms with van der Waals surface area (Å²) in [5, 5.41) is 2.47. The van der Waals surface area contributed by atoms with Crippen LogP contribution in [0.5, 0.6) is 0 Å². The summed E-state index contributed by atoms with van der Waals surface area (Å²) in [6, 6.07) is 14.5. The number of hydrogen-bond acceptors (Lipinski definition) is 0. The van der Waals surface area contributed by atoms with E-state index in [0.717, 1.165) is 23.4 Å². The van der Waals surface area contributed by atoms with E-state index in [0.29, 0.717) is 6.54 Å². The lowest BCUT2D eigenvalue weighted by Gasteiger charge is -2.25. The van der Waals surface area contributed by atoms with E-state index in [9.17, 15) is 13.2 Å². The highest BCUT2D eigenvalue weighted by Gasteiger charge is 2.31. The summed E-state index contributed by atoms with van der Waals surface area (Å²) in [4.78, 5) is 0. The van der Waals surface area contributed by atoms with Crippen LogP contribution in [0.2, 0.25) is 0 Å². The van der Waals surface area contributed by atoms with E-state index >= 15 is 0 Å². The largest absolute Gasteiger partial charge is 0.416 e. The molecule has 1 aliphatic heterocycles. The highest BCUT2D eigenvalue weighted by atomic mass is 19.4. The molecular formula is C27H29F3N+. The molecule has 0 bridgehead atoms. The van der Waals surface area contributed by atoms with Crippen molar-refractivity contribution >= 4 is 22.7 Å². The first-order valence-electron chi connectivity index (χ1n) is 10.6. The van der Waals surface area contributed by atoms with Crippen molar-refractivity contribution in [3.8, 4) is 0 Å². The lowest BCUT2D eigenvalue weighted by atomic mass is 9.80. The van der Waals surface area contributed by atoms with E-state index in [-0.39, 0.29) is 10.8 Å². The first-order chi connectivity index (χ1) is 14.2. The van der Waals surface area contributed by atoms with Gasteiger partial charge in [-0.1, -0.05) is 53.7 Å². The van der Waals surface area contributed by atoms with Crippen molar-refractivity contribution in [1.82, 2.24) is 0 Å². The van der Waals surface area contributed by atoms with Gasteiger partial charge >= 0.3 is 6.18 Å². The number of rotatable bonds is 1. The second-order valence-electron chi connectivity index (χ2n) is 10.6. The highest BCUT2D eigenvalue weighted by molar-refractivity contribution is 6.02. The lowest BCUT2D eigenvalue weighted by molar-refractivity contribution is -0.453. The standard InChI is InChI=1S/C27H29F3N/c1-25(2,3)21-11-17-12-22(26(4,5)6)14-19-16-31(15-18(13-21)24(17)19)23-9-7-20(8-10-23)27(28,29)30/h7-15H,16H2,1-6H3/q+1. The first-order valence-corrected chi connectivity index (χ1v) is 10.6. The van der Waals surface area contributed by atoms with Gasteiger partial charge in [-0.3, -0.25) is 0 Å². The van der Waals surface area contributed by atoms with Gasteiger partial charge in [0.2, 0.25) is 5.69 Å². The molecular weight excluding hydrogens is 395 g/mol. The Hall–Kier alpha value is -2.62. The maximum atomic E-state index is 13.0. The topological polar surface area (TPSA) is 3.01 Å². The average molecular weight is 425 g/mol. The molecule has 0 atom stereocenters. The van der Waals surface area contributed by atoms with E-state index in [1.165, 1.54) is 27.5 Å². The minimum absolute atomic E-state index is 0.00292. The Morgan fingerprint density at radius 1 is 0.710 bits per heavy atom. The molecule has 0 unspecified atom stereocenters. The van der Waals surface area contributed by atoms with Crippen molar-refractivity contribution in [2.24, 2.45) is 0 Å². The van der Waals surface area contributed by atoms with Crippen LogP contribution in [-0.2, 0) is 23.6 Å². The van der Waals surface area contributed by atoms with Crippen LogP contribution in [0.1, 0.15) is 69.4 Å². The van der Waals surface area contributed by atoms with Crippen LogP contribution in [0.3, 0.4) is 0 Å². The van der Waals surface area contributed by atoms with Crippen molar-refractivity contribution in [3.63, 3.8) is 0 Å². The Bertz CT molecular complexity index is 1180. The minimum atomic E-state index is -4.33. The Morgan fingerprint density at radius 2 is 1.26 bits per heavy atom. The van der Waals surface area contributed by atoms with Crippen LogP contribution >= 0.6 is 0 Å². The van der Waals surface area contributed by atoms with Gasteiger partial charge < -0.3 is 0 Å². The first kappa shape index (κ1) is 21.6. The molecule has 0 fully saturated rings. The minimum Gasteiger partial charge on any atom is -0.194 e. The van der Waals surface area contributed by atoms with Crippen LogP contribution in [-0.4, -0.2) is 10.8 Å². The van der Waals surface area contributed by atoms with Gasteiger partial charge in [-0.25, -0.2) is 0 Å². The van der Waals surface area contributed by atoms with Crippen molar-refractivity contribution in [1.29, 1.82) is 0 Å². The second kappa shape index (κ2) is 6.94.